The monoisotopic (exact) mass is 295 g/mol. The van der Waals surface area contributed by atoms with Gasteiger partial charge in [-0.15, -0.1) is 11.3 Å². The van der Waals surface area contributed by atoms with Gasteiger partial charge in [0.1, 0.15) is 0 Å². The summed E-state index contributed by atoms with van der Waals surface area (Å²) in [7, 11) is 0. The van der Waals surface area contributed by atoms with Gasteiger partial charge in [0.15, 0.2) is 5.13 Å². The molecule has 0 aliphatic carbocycles. The summed E-state index contributed by atoms with van der Waals surface area (Å²) < 4.78 is 0. The Morgan fingerprint density at radius 1 is 1.40 bits per heavy atom. The van der Waals surface area contributed by atoms with Crippen molar-refractivity contribution in [3.05, 3.63) is 10.6 Å². The Morgan fingerprint density at radius 3 is 2.70 bits per heavy atom. The van der Waals surface area contributed by atoms with Crippen molar-refractivity contribution in [3.8, 4) is 0 Å². The summed E-state index contributed by atoms with van der Waals surface area (Å²) >= 11 is 1.90. The predicted octanol–water partition coefficient (Wildman–Crippen LogP) is 4.14. The second-order valence-corrected chi connectivity index (χ2v) is 7.52. The van der Waals surface area contributed by atoms with Crippen LogP contribution in [0.3, 0.4) is 0 Å². The summed E-state index contributed by atoms with van der Waals surface area (Å²) in [5.74, 6) is 0.555. The molecule has 4 heteroatoms. The van der Waals surface area contributed by atoms with Gasteiger partial charge < -0.3 is 10.2 Å². The van der Waals surface area contributed by atoms with Crippen molar-refractivity contribution in [2.75, 3.05) is 18.0 Å². The van der Waals surface area contributed by atoms with E-state index in [1.807, 2.05) is 11.3 Å². The lowest BCUT2D eigenvalue weighted by Gasteiger charge is -2.31. The summed E-state index contributed by atoms with van der Waals surface area (Å²) in [6.07, 6.45) is 3.72. The summed E-state index contributed by atoms with van der Waals surface area (Å²) in [6.45, 7) is 14.5. The van der Waals surface area contributed by atoms with Gasteiger partial charge in [-0.2, -0.15) is 0 Å². The molecule has 0 saturated carbocycles. The van der Waals surface area contributed by atoms with Crippen LogP contribution < -0.4 is 10.2 Å². The minimum Gasteiger partial charge on any atom is -0.343 e. The third-order valence-electron chi connectivity index (χ3n) is 4.46. The molecule has 1 saturated heterocycles. The molecule has 2 rings (SSSR count). The van der Waals surface area contributed by atoms with Crippen LogP contribution >= 0.6 is 11.3 Å². The molecule has 1 fully saturated rings. The van der Waals surface area contributed by atoms with Crippen molar-refractivity contribution >= 4 is 16.5 Å². The molecule has 1 atom stereocenters. The third-order valence-corrected chi connectivity index (χ3v) is 5.56. The largest absolute Gasteiger partial charge is 0.343 e. The summed E-state index contributed by atoms with van der Waals surface area (Å²) in [6, 6.07) is 0. The maximum absolute atomic E-state index is 5.02. The molecule has 0 bridgehead atoms. The van der Waals surface area contributed by atoms with Crippen molar-refractivity contribution < 1.29 is 0 Å². The van der Waals surface area contributed by atoms with E-state index in [4.69, 9.17) is 4.98 Å². The van der Waals surface area contributed by atoms with E-state index in [9.17, 15) is 0 Å². The number of aromatic nitrogens is 1. The van der Waals surface area contributed by atoms with Gasteiger partial charge in [-0.25, -0.2) is 4.98 Å². The van der Waals surface area contributed by atoms with E-state index < -0.39 is 0 Å². The first-order valence-corrected chi connectivity index (χ1v) is 8.79. The molecule has 20 heavy (non-hydrogen) atoms. The highest BCUT2D eigenvalue weighted by molar-refractivity contribution is 7.15. The van der Waals surface area contributed by atoms with E-state index >= 15 is 0 Å². The molecule has 0 aromatic carbocycles. The SMILES string of the molecule is CCNCc1sc(N2CCCC2(C)C)nc1C(C)CC. The van der Waals surface area contributed by atoms with Crippen molar-refractivity contribution in [1.29, 1.82) is 0 Å². The number of rotatable bonds is 6. The number of hydrogen-bond acceptors (Lipinski definition) is 4. The van der Waals surface area contributed by atoms with Crippen LogP contribution in [0.25, 0.3) is 0 Å². The average molecular weight is 295 g/mol. The Labute approximate surface area is 127 Å². The van der Waals surface area contributed by atoms with Crippen LogP contribution in [0.4, 0.5) is 5.13 Å². The minimum atomic E-state index is 0.264. The lowest BCUT2D eigenvalue weighted by atomic mass is 10.0. The first kappa shape index (κ1) is 15.8. The number of anilines is 1. The number of thiazole rings is 1. The highest BCUT2D eigenvalue weighted by Gasteiger charge is 2.34. The highest BCUT2D eigenvalue weighted by atomic mass is 32.1. The standard InChI is InChI=1S/C16H29N3S/c1-6-12(3)14-13(11-17-7-2)20-15(18-14)19-10-8-9-16(19,4)5/h12,17H,6-11H2,1-5H3. The summed E-state index contributed by atoms with van der Waals surface area (Å²) in [4.78, 5) is 8.96. The van der Waals surface area contributed by atoms with E-state index in [1.54, 1.807) is 0 Å². The molecule has 1 aromatic heterocycles. The Balaban J connectivity index is 2.28. The Bertz CT molecular complexity index is 439. The maximum atomic E-state index is 5.02. The Morgan fingerprint density at radius 2 is 2.15 bits per heavy atom. The van der Waals surface area contributed by atoms with E-state index in [-0.39, 0.29) is 5.54 Å². The van der Waals surface area contributed by atoms with Crippen LogP contribution in [-0.2, 0) is 6.54 Å². The third kappa shape index (κ3) is 3.17. The predicted molar refractivity (Wildman–Crippen MR) is 88.9 cm³/mol. The van der Waals surface area contributed by atoms with Gasteiger partial charge in [0, 0.05) is 23.5 Å². The topological polar surface area (TPSA) is 28.2 Å². The highest BCUT2D eigenvalue weighted by Crippen LogP contribution is 2.39. The van der Waals surface area contributed by atoms with Gasteiger partial charge in [0.2, 0.25) is 0 Å². The molecule has 1 N–H and O–H groups in total. The van der Waals surface area contributed by atoms with Crippen LogP contribution in [0.15, 0.2) is 0 Å². The van der Waals surface area contributed by atoms with E-state index in [1.165, 1.54) is 28.5 Å². The van der Waals surface area contributed by atoms with Gasteiger partial charge in [-0.05, 0) is 45.6 Å². The van der Waals surface area contributed by atoms with E-state index in [0.29, 0.717) is 5.92 Å². The molecule has 0 radical (unpaired) electrons. The number of nitrogens with one attached hydrogen (secondary N) is 1. The normalized spacial score (nSPS) is 19.6. The number of nitrogens with zero attached hydrogens (tertiary/aromatic N) is 2. The molecule has 1 aliphatic heterocycles. The van der Waals surface area contributed by atoms with Crippen molar-refractivity contribution in [2.24, 2.45) is 0 Å². The summed E-state index contributed by atoms with van der Waals surface area (Å²) in [5, 5.41) is 4.69. The first-order chi connectivity index (χ1) is 9.49. The zero-order valence-corrected chi connectivity index (χ0v) is 14.4. The van der Waals surface area contributed by atoms with E-state index in [0.717, 1.165) is 26.1 Å². The molecule has 1 aliphatic rings. The smallest absolute Gasteiger partial charge is 0.186 e. The Hall–Kier alpha value is -0.610. The lowest BCUT2D eigenvalue weighted by Crippen LogP contribution is -2.38. The van der Waals surface area contributed by atoms with Crippen molar-refractivity contribution in [1.82, 2.24) is 10.3 Å². The molecule has 2 heterocycles. The zero-order chi connectivity index (χ0) is 14.8. The number of hydrogen-bond donors (Lipinski definition) is 1. The molecular formula is C16H29N3S. The first-order valence-electron chi connectivity index (χ1n) is 7.97. The van der Waals surface area contributed by atoms with Crippen LogP contribution in [-0.4, -0.2) is 23.6 Å². The van der Waals surface area contributed by atoms with Gasteiger partial charge in [0.25, 0.3) is 0 Å². The second-order valence-electron chi connectivity index (χ2n) is 6.46. The van der Waals surface area contributed by atoms with E-state index in [2.05, 4.69) is 44.8 Å². The van der Waals surface area contributed by atoms with Crippen molar-refractivity contribution in [2.45, 2.75) is 71.9 Å². The van der Waals surface area contributed by atoms with Crippen LogP contribution in [0, 0.1) is 0 Å². The van der Waals surface area contributed by atoms with Crippen LogP contribution in [0.1, 0.15) is 70.4 Å². The zero-order valence-electron chi connectivity index (χ0n) is 13.6. The fourth-order valence-corrected chi connectivity index (χ4v) is 4.21. The molecule has 0 amide bonds. The maximum Gasteiger partial charge on any atom is 0.186 e. The molecule has 0 spiro atoms. The van der Waals surface area contributed by atoms with Gasteiger partial charge >= 0.3 is 0 Å². The average Bonchev–Trinajstić information content (AvgIpc) is 2.98. The quantitative estimate of drug-likeness (QED) is 0.854. The van der Waals surface area contributed by atoms with Gasteiger partial charge in [-0.3, -0.25) is 0 Å². The van der Waals surface area contributed by atoms with Gasteiger partial charge in [0.05, 0.1) is 5.69 Å². The molecular weight excluding hydrogens is 266 g/mol. The fourth-order valence-electron chi connectivity index (χ4n) is 2.87. The minimum absolute atomic E-state index is 0.264. The van der Waals surface area contributed by atoms with Crippen molar-refractivity contribution in [3.63, 3.8) is 0 Å². The van der Waals surface area contributed by atoms with Gasteiger partial charge in [-0.1, -0.05) is 20.8 Å². The molecule has 3 nitrogen and oxygen atoms in total. The van der Waals surface area contributed by atoms with Crippen LogP contribution in [0.2, 0.25) is 0 Å². The molecule has 114 valence electrons. The molecule has 1 aromatic rings. The summed E-state index contributed by atoms with van der Waals surface area (Å²) in [5.41, 5.74) is 1.58. The lowest BCUT2D eigenvalue weighted by molar-refractivity contribution is 0.516. The Kier molecular flexibility index (Phi) is 5.08. The molecule has 1 unspecified atom stereocenters. The van der Waals surface area contributed by atoms with Crippen LogP contribution in [0.5, 0.6) is 0 Å². The second kappa shape index (κ2) is 6.44. The fraction of sp³-hybridized carbons (Fsp3) is 0.812.